The molecule has 0 saturated carbocycles. The van der Waals surface area contributed by atoms with Gasteiger partial charge < -0.3 is 106 Å². The summed E-state index contributed by atoms with van der Waals surface area (Å²) in [6, 6.07) is 42.3. The van der Waals surface area contributed by atoms with E-state index in [0.717, 1.165) is 5.56 Å². The first-order chi connectivity index (χ1) is 35.8. The molecule has 408 valence electrons. The molecule has 21 nitrogen and oxygen atoms in total. The minimum Gasteiger partial charge on any atom is -0.492 e. The molecule has 0 saturated heterocycles. The number of anilines is 5. The van der Waals surface area contributed by atoms with E-state index in [1.54, 1.807) is 121 Å². The Morgan fingerprint density at radius 3 is 0.920 bits per heavy atom. The van der Waals surface area contributed by atoms with Gasteiger partial charge in [0.1, 0.15) is 34.5 Å². The highest BCUT2D eigenvalue weighted by Crippen LogP contribution is 2.28. The monoisotopic (exact) mass is 1090 g/mol. The fourth-order valence-electron chi connectivity index (χ4n) is 5.94. The molecule has 0 aromatic heterocycles. The fraction of sp³-hybridized carbons (Fsp3) is 0.294. The molecule has 0 aliphatic rings. The van der Waals surface area contributed by atoms with Gasteiger partial charge in [-0.25, -0.2) is 0 Å². The molecule has 0 fully saturated rings. The van der Waals surface area contributed by atoms with Gasteiger partial charge in [-0.3, -0.25) is 0 Å². The maximum absolute atomic E-state index is 6.11. The van der Waals surface area contributed by atoms with E-state index >= 15 is 0 Å². The Balaban J connectivity index is 0.000000244. The number of nitrogen functional groups attached to an aromatic ring is 5. The summed E-state index contributed by atoms with van der Waals surface area (Å²) in [5.74, 6) is 3.38. The molecule has 75 heavy (non-hydrogen) atoms. The predicted molar refractivity (Wildman–Crippen MR) is 301 cm³/mol. The largest absolute Gasteiger partial charge is 0.821 e. The number of rotatable bonds is 27. The first kappa shape index (κ1) is 60.9. The van der Waals surface area contributed by atoms with E-state index < -0.39 is 26.9 Å². The lowest BCUT2D eigenvalue weighted by atomic mass is 10.2. The van der Waals surface area contributed by atoms with Crippen LogP contribution in [0.3, 0.4) is 0 Å². The smallest absolute Gasteiger partial charge is 0.492 e. The van der Waals surface area contributed by atoms with Gasteiger partial charge in [0, 0.05) is 67.2 Å². The number of hydrogen-bond donors (Lipinski definition) is 10. The molecule has 6 aromatic rings. The summed E-state index contributed by atoms with van der Waals surface area (Å²) in [5, 5.41) is 0. The molecule has 0 spiro atoms. The van der Waals surface area contributed by atoms with Crippen LogP contribution in [0.1, 0.15) is 26.3 Å². The molecule has 0 bridgehead atoms. The van der Waals surface area contributed by atoms with Gasteiger partial charge in [-0.1, -0.05) is 17.7 Å². The Kier molecular flexibility index (Phi) is 24.9. The maximum atomic E-state index is 6.11. The number of nitrogens with two attached hydrogens (primary N) is 10. The van der Waals surface area contributed by atoms with Gasteiger partial charge in [0.15, 0.2) is 0 Å². The maximum Gasteiger partial charge on any atom is 0.821 e. The zero-order chi connectivity index (χ0) is 54.9. The summed E-state index contributed by atoms with van der Waals surface area (Å²) in [5.41, 5.74) is 61.3. The Bertz CT molecular complexity index is 2340. The summed E-state index contributed by atoms with van der Waals surface area (Å²) in [4.78, 5) is 0. The number of hydrogen-bond acceptors (Lipinski definition) is 21. The zero-order valence-electron chi connectivity index (χ0n) is 43.3. The summed E-state index contributed by atoms with van der Waals surface area (Å²) < 4.78 is 65.8. The Morgan fingerprint density at radius 1 is 0.387 bits per heavy atom. The van der Waals surface area contributed by atoms with Crippen molar-refractivity contribution in [2.45, 2.75) is 52.5 Å². The van der Waals surface area contributed by atoms with Crippen molar-refractivity contribution in [1.82, 2.24) is 0 Å². The van der Waals surface area contributed by atoms with Crippen LogP contribution < -0.4 is 83.9 Å². The van der Waals surface area contributed by atoms with E-state index in [1.165, 1.54) is 0 Å². The van der Waals surface area contributed by atoms with Crippen molar-refractivity contribution in [2.75, 3.05) is 74.7 Å². The molecule has 4 atom stereocenters. The van der Waals surface area contributed by atoms with Crippen LogP contribution in [0.5, 0.6) is 34.5 Å². The third kappa shape index (κ3) is 22.4. The summed E-state index contributed by atoms with van der Waals surface area (Å²) >= 11 is 0. The molecule has 0 aliphatic carbocycles. The third-order valence-corrected chi connectivity index (χ3v) is 16.1. The Labute approximate surface area is 443 Å². The molecule has 0 radical (unpaired) electrons. The van der Waals surface area contributed by atoms with Gasteiger partial charge in [-0.15, -0.1) is 0 Å². The highest BCUT2D eigenvalue weighted by Gasteiger charge is 2.54. The second-order valence-corrected chi connectivity index (χ2v) is 23.3. The van der Waals surface area contributed by atoms with Gasteiger partial charge in [0.05, 0.1) is 32.0 Å². The molecular formula is C51H76N10O11Si3. The zero-order valence-corrected chi connectivity index (χ0v) is 46.3. The SMILES string of the molecule is CC(CN)O[Si](Oc1ccc(N)cc1)(Oc1ccc(N)cc1)OC(C)CN.Cc1ccc(O[Si](C)(OCC(C)N)Oc2ccc(N)cc2)cc1.NCCO[Si](OCCN)(Oc1ccc(N)cc1)Oc1ccc(N)cc1. The second-order valence-electron chi connectivity index (χ2n) is 17.0. The van der Waals surface area contributed by atoms with Gasteiger partial charge in [0.2, 0.25) is 0 Å². The topological polar surface area (TPSA) is 362 Å². The Morgan fingerprint density at radius 2 is 0.653 bits per heavy atom. The van der Waals surface area contributed by atoms with Crippen LogP contribution in [0.25, 0.3) is 0 Å². The summed E-state index contributed by atoms with van der Waals surface area (Å²) in [6.07, 6.45) is -0.714. The molecule has 4 unspecified atom stereocenters. The summed E-state index contributed by atoms with van der Waals surface area (Å²) in [7, 11) is -10.3. The molecule has 6 aromatic carbocycles. The molecule has 0 heterocycles. The van der Waals surface area contributed by atoms with Crippen molar-refractivity contribution in [3.63, 3.8) is 0 Å². The molecule has 6 rings (SSSR count). The lowest BCUT2D eigenvalue weighted by molar-refractivity contribution is -0.00407. The lowest BCUT2D eigenvalue weighted by Crippen LogP contribution is -2.59. The van der Waals surface area contributed by atoms with E-state index in [2.05, 4.69) is 0 Å². The van der Waals surface area contributed by atoms with Crippen molar-refractivity contribution >= 4 is 55.3 Å². The van der Waals surface area contributed by atoms with Gasteiger partial charge in [0.25, 0.3) is 0 Å². The summed E-state index contributed by atoms with van der Waals surface area (Å²) in [6.45, 7) is 11.3. The van der Waals surface area contributed by atoms with Gasteiger partial charge in [-0.2, -0.15) is 0 Å². The average Bonchev–Trinajstić information content (AvgIpc) is 3.39. The van der Waals surface area contributed by atoms with Crippen LogP contribution in [0.4, 0.5) is 28.4 Å². The van der Waals surface area contributed by atoms with Crippen LogP contribution in [-0.2, 0) is 22.1 Å². The van der Waals surface area contributed by atoms with Crippen molar-refractivity contribution in [2.24, 2.45) is 28.7 Å². The van der Waals surface area contributed by atoms with Gasteiger partial charge in [-0.05, 0) is 161 Å². The second kappa shape index (κ2) is 30.7. The first-order valence-corrected chi connectivity index (χ1v) is 29.6. The van der Waals surface area contributed by atoms with E-state index in [4.69, 9.17) is 106 Å². The van der Waals surface area contributed by atoms with Crippen LogP contribution in [0.15, 0.2) is 146 Å². The molecule has 0 aliphatic heterocycles. The van der Waals surface area contributed by atoms with Crippen LogP contribution in [0.2, 0.25) is 6.55 Å². The van der Waals surface area contributed by atoms with Crippen LogP contribution in [-0.4, -0.2) is 91.1 Å². The average molecular weight is 1090 g/mol. The van der Waals surface area contributed by atoms with E-state index in [0.29, 0.717) is 69.5 Å². The highest BCUT2D eigenvalue weighted by atomic mass is 28.4. The quantitative estimate of drug-likeness (QED) is 0.0236. The standard InChI is InChI=1S/C18H28N4O4Si.C17H24N2O3Si.C16H24N4O4Si/c1-13(11-19)23-27(24-14(2)12-20,25-17-7-3-15(21)4-8-17)26-18-9-5-16(22)6-10-18;1-13-4-8-16(9-5-13)21-23(3,20-12-14(2)18)22-17-10-6-15(19)7-11-17;17-9-11-21-25(22-12-10-18,23-15-5-1-13(19)2-6-15)24-16-7-3-14(20)4-8-16/h3-10,13-14H,11-12,19-22H2,1-2H3;4-11,14H,12,18-19H2,1-3H3;1-8H,9-12,17-20H2. The molecular weight excluding hydrogens is 1010 g/mol. The minimum absolute atomic E-state index is 0.0986. The molecule has 24 heteroatoms. The third-order valence-electron chi connectivity index (χ3n) is 9.76. The normalized spacial score (nSPS) is 13.3. The Hall–Kier alpha value is -6.63. The highest BCUT2D eigenvalue weighted by molar-refractivity contribution is 6.60. The lowest BCUT2D eigenvalue weighted by Gasteiger charge is -2.32. The van der Waals surface area contributed by atoms with E-state index in [1.807, 2.05) is 58.5 Å². The minimum atomic E-state index is -3.72. The van der Waals surface area contributed by atoms with Crippen molar-refractivity contribution in [3.05, 3.63) is 151 Å². The molecule has 0 amide bonds. The van der Waals surface area contributed by atoms with Crippen molar-refractivity contribution < 1.29 is 48.7 Å². The van der Waals surface area contributed by atoms with Crippen molar-refractivity contribution in [1.29, 1.82) is 0 Å². The fourth-order valence-corrected chi connectivity index (χ4v) is 12.1. The van der Waals surface area contributed by atoms with Crippen LogP contribution >= 0.6 is 0 Å². The van der Waals surface area contributed by atoms with Gasteiger partial charge >= 0.3 is 26.9 Å². The van der Waals surface area contributed by atoms with Crippen LogP contribution in [0, 0.1) is 6.92 Å². The molecule has 20 N–H and O–H groups in total. The van der Waals surface area contributed by atoms with Crippen molar-refractivity contribution in [3.8, 4) is 34.5 Å². The first-order valence-electron chi connectivity index (χ1n) is 24.1. The van der Waals surface area contributed by atoms with E-state index in [9.17, 15) is 0 Å². The predicted octanol–water partition coefficient (Wildman–Crippen LogP) is 5.13. The number of benzene rings is 6. The number of aryl methyl sites for hydroxylation is 1. The van der Waals surface area contributed by atoms with E-state index in [-0.39, 0.29) is 57.6 Å².